The van der Waals surface area contributed by atoms with Crippen LogP contribution >= 0.6 is 0 Å². The van der Waals surface area contributed by atoms with Crippen LogP contribution in [0.2, 0.25) is 0 Å². The molecule has 0 saturated carbocycles. The number of ketones is 1. The highest BCUT2D eigenvalue weighted by Crippen LogP contribution is 2.10. The summed E-state index contributed by atoms with van der Waals surface area (Å²) in [5.41, 5.74) is 6.90. The number of nitrogens with one attached hydrogen (secondary N) is 1. The molecule has 0 saturated heterocycles. The molecule has 4 heteroatoms. The van der Waals surface area contributed by atoms with E-state index in [9.17, 15) is 4.79 Å². The SMILES string of the molecule is CCC(CO)NC(CC)C(=O)c1ccc(N)cc1. The van der Waals surface area contributed by atoms with Gasteiger partial charge in [0, 0.05) is 17.3 Å². The van der Waals surface area contributed by atoms with Crippen LogP contribution in [0, 0.1) is 0 Å². The Balaban J connectivity index is 2.75. The highest BCUT2D eigenvalue weighted by atomic mass is 16.3. The van der Waals surface area contributed by atoms with E-state index in [1.54, 1.807) is 24.3 Å². The van der Waals surface area contributed by atoms with E-state index < -0.39 is 0 Å². The van der Waals surface area contributed by atoms with E-state index in [0.29, 0.717) is 17.7 Å². The summed E-state index contributed by atoms with van der Waals surface area (Å²) in [6, 6.07) is 6.63. The number of aliphatic hydroxyl groups excluding tert-OH is 1. The number of rotatable bonds is 7. The molecular formula is C14H22N2O2. The highest BCUT2D eigenvalue weighted by molar-refractivity contribution is 6.00. The third kappa shape index (κ3) is 3.82. The lowest BCUT2D eigenvalue weighted by molar-refractivity contribution is 0.0923. The fourth-order valence-corrected chi connectivity index (χ4v) is 1.81. The third-order valence-corrected chi connectivity index (χ3v) is 3.07. The van der Waals surface area contributed by atoms with E-state index in [0.717, 1.165) is 6.42 Å². The molecule has 0 heterocycles. The fourth-order valence-electron chi connectivity index (χ4n) is 1.81. The van der Waals surface area contributed by atoms with Gasteiger partial charge in [0.25, 0.3) is 0 Å². The number of carbonyl (C=O) groups excluding carboxylic acids is 1. The van der Waals surface area contributed by atoms with Crippen molar-refractivity contribution in [2.45, 2.75) is 38.8 Å². The number of nitrogen functional groups attached to an aromatic ring is 1. The highest BCUT2D eigenvalue weighted by Gasteiger charge is 2.20. The van der Waals surface area contributed by atoms with Crippen LogP contribution in [0.5, 0.6) is 0 Å². The Kier molecular flexibility index (Phi) is 5.82. The lowest BCUT2D eigenvalue weighted by Crippen LogP contribution is -2.44. The van der Waals surface area contributed by atoms with E-state index in [1.165, 1.54) is 0 Å². The average Bonchev–Trinajstić information content (AvgIpc) is 2.40. The monoisotopic (exact) mass is 250 g/mol. The zero-order valence-electron chi connectivity index (χ0n) is 11.0. The van der Waals surface area contributed by atoms with Crippen molar-refractivity contribution in [3.8, 4) is 0 Å². The van der Waals surface area contributed by atoms with Crippen LogP contribution < -0.4 is 11.1 Å². The Bertz CT molecular complexity index is 372. The van der Waals surface area contributed by atoms with Crippen molar-refractivity contribution < 1.29 is 9.90 Å². The molecule has 0 aromatic heterocycles. The van der Waals surface area contributed by atoms with E-state index in [1.807, 2.05) is 13.8 Å². The standard InChI is InChI=1S/C14H22N2O2/c1-3-12(9-17)16-13(4-2)14(18)10-5-7-11(15)8-6-10/h5-8,12-13,16-17H,3-4,9,15H2,1-2H3. The summed E-state index contributed by atoms with van der Waals surface area (Å²) in [4.78, 5) is 12.3. The molecule has 2 unspecified atom stereocenters. The minimum Gasteiger partial charge on any atom is -0.399 e. The number of Topliss-reactive ketones (excluding diaryl/α,β-unsaturated/α-hetero) is 1. The first-order chi connectivity index (χ1) is 8.62. The van der Waals surface area contributed by atoms with Gasteiger partial charge >= 0.3 is 0 Å². The summed E-state index contributed by atoms with van der Waals surface area (Å²) in [5.74, 6) is 0.0457. The largest absolute Gasteiger partial charge is 0.399 e. The summed E-state index contributed by atoms with van der Waals surface area (Å²) in [6.07, 6.45) is 1.49. The van der Waals surface area contributed by atoms with Gasteiger partial charge in [-0.05, 0) is 37.1 Å². The van der Waals surface area contributed by atoms with Crippen LogP contribution in [0.15, 0.2) is 24.3 Å². The second-order valence-corrected chi connectivity index (χ2v) is 4.40. The normalized spacial score (nSPS) is 14.2. The molecule has 100 valence electrons. The Morgan fingerprint density at radius 3 is 2.33 bits per heavy atom. The van der Waals surface area contributed by atoms with Crippen molar-refractivity contribution in [2.24, 2.45) is 0 Å². The van der Waals surface area contributed by atoms with Crippen LogP contribution in [0.25, 0.3) is 0 Å². The predicted molar refractivity (Wildman–Crippen MR) is 73.6 cm³/mol. The average molecular weight is 250 g/mol. The molecular weight excluding hydrogens is 228 g/mol. The second kappa shape index (κ2) is 7.13. The predicted octanol–water partition coefficient (Wildman–Crippen LogP) is 1.59. The maximum atomic E-state index is 12.3. The molecule has 0 bridgehead atoms. The van der Waals surface area contributed by atoms with Gasteiger partial charge in [0.05, 0.1) is 12.6 Å². The van der Waals surface area contributed by atoms with E-state index in [-0.39, 0.29) is 24.5 Å². The first-order valence-corrected chi connectivity index (χ1v) is 6.39. The van der Waals surface area contributed by atoms with Gasteiger partial charge in [-0.15, -0.1) is 0 Å². The van der Waals surface area contributed by atoms with Gasteiger partial charge < -0.3 is 16.2 Å². The summed E-state index contributed by atoms with van der Waals surface area (Å²) < 4.78 is 0. The number of hydrogen-bond acceptors (Lipinski definition) is 4. The molecule has 0 radical (unpaired) electrons. The second-order valence-electron chi connectivity index (χ2n) is 4.40. The Hall–Kier alpha value is -1.39. The smallest absolute Gasteiger partial charge is 0.179 e. The van der Waals surface area contributed by atoms with Gasteiger partial charge in [0.2, 0.25) is 0 Å². The maximum Gasteiger partial charge on any atom is 0.179 e. The molecule has 0 fully saturated rings. The van der Waals surface area contributed by atoms with Gasteiger partial charge in [0.1, 0.15) is 0 Å². The molecule has 0 spiro atoms. The van der Waals surface area contributed by atoms with Crippen molar-refractivity contribution in [1.82, 2.24) is 5.32 Å². The number of anilines is 1. The van der Waals surface area contributed by atoms with E-state index in [2.05, 4.69) is 5.32 Å². The zero-order valence-corrected chi connectivity index (χ0v) is 11.0. The molecule has 0 aliphatic rings. The Labute approximate surface area is 108 Å². The molecule has 1 aromatic rings. The number of aliphatic hydroxyl groups is 1. The molecule has 1 rings (SSSR count). The Morgan fingerprint density at radius 2 is 1.89 bits per heavy atom. The number of nitrogens with two attached hydrogens (primary N) is 1. The fraction of sp³-hybridized carbons (Fsp3) is 0.500. The first kappa shape index (κ1) is 14.7. The van der Waals surface area contributed by atoms with Crippen LogP contribution in [0.1, 0.15) is 37.0 Å². The zero-order chi connectivity index (χ0) is 13.5. The molecule has 0 amide bonds. The minimum atomic E-state index is -0.259. The van der Waals surface area contributed by atoms with E-state index >= 15 is 0 Å². The number of carbonyl (C=O) groups is 1. The molecule has 0 aliphatic heterocycles. The third-order valence-electron chi connectivity index (χ3n) is 3.07. The van der Waals surface area contributed by atoms with Crippen LogP contribution in [-0.4, -0.2) is 29.6 Å². The first-order valence-electron chi connectivity index (χ1n) is 6.39. The van der Waals surface area contributed by atoms with Gasteiger partial charge in [-0.25, -0.2) is 0 Å². The summed E-state index contributed by atoms with van der Waals surface area (Å²) >= 11 is 0. The summed E-state index contributed by atoms with van der Waals surface area (Å²) in [5, 5.41) is 12.4. The quantitative estimate of drug-likeness (QED) is 0.507. The van der Waals surface area contributed by atoms with Crippen molar-refractivity contribution in [3.63, 3.8) is 0 Å². The van der Waals surface area contributed by atoms with Crippen molar-refractivity contribution in [3.05, 3.63) is 29.8 Å². The van der Waals surface area contributed by atoms with Crippen LogP contribution in [-0.2, 0) is 0 Å². The summed E-state index contributed by atoms with van der Waals surface area (Å²) in [6.45, 7) is 3.98. The lowest BCUT2D eigenvalue weighted by atomic mass is 10.0. The Morgan fingerprint density at radius 1 is 1.28 bits per heavy atom. The van der Waals surface area contributed by atoms with Gasteiger partial charge in [-0.2, -0.15) is 0 Å². The summed E-state index contributed by atoms with van der Waals surface area (Å²) in [7, 11) is 0. The van der Waals surface area contributed by atoms with Gasteiger partial charge in [-0.3, -0.25) is 4.79 Å². The minimum absolute atomic E-state index is 0.0346. The number of benzene rings is 1. The van der Waals surface area contributed by atoms with Gasteiger partial charge in [0.15, 0.2) is 5.78 Å². The van der Waals surface area contributed by atoms with Crippen molar-refractivity contribution in [2.75, 3.05) is 12.3 Å². The molecule has 1 aromatic carbocycles. The van der Waals surface area contributed by atoms with Gasteiger partial charge in [-0.1, -0.05) is 13.8 Å². The van der Waals surface area contributed by atoms with Crippen molar-refractivity contribution >= 4 is 11.5 Å². The number of hydrogen-bond donors (Lipinski definition) is 3. The maximum absolute atomic E-state index is 12.3. The van der Waals surface area contributed by atoms with Crippen LogP contribution in [0.3, 0.4) is 0 Å². The molecule has 4 nitrogen and oxygen atoms in total. The van der Waals surface area contributed by atoms with E-state index in [4.69, 9.17) is 10.8 Å². The van der Waals surface area contributed by atoms with Crippen molar-refractivity contribution in [1.29, 1.82) is 0 Å². The molecule has 18 heavy (non-hydrogen) atoms. The molecule has 2 atom stereocenters. The molecule has 4 N–H and O–H groups in total. The lowest BCUT2D eigenvalue weighted by Gasteiger charge is -2.21. The topological polar surface area (TPSA) is 75.3 Å². The van der Waals surface area contributed by atoms with Crippen LogP contribution in [0.4, 0.5) is 5.69 Å². The molecule has 0 aliphatic carbocycles.